The summed E-state index contributed by atoms with van der Waals surface area (Å²) in [6.45, 7) is 8.24. The van der Waals surface area contributed by atoms with Crippen molar-refractivity contribution in [3.8, 4) is 0 Å². The van der Waals surface area contributed by atoms with Crippen LogP contribution in [0.3, 0.4) is 0 Å². The molecule has 0 aliphatic rings. The van der Waals surface area contributed by atoms with Crippen molar-refractivity contribution in [3.05, 3.63) is 35.4 Å². The first-order chi connectivity index (χ1) is 4.80. The Labute approximate surface area is 71.3 Å². The number of aryl methyl sites for hydroxylation is 2. The lowest BCUT2D eigenvalue weighted by Crippen LogP contribution is -1.74. The van der Waals surface area contributed by atoms with Crippen molar-refractivity contribution >= 4 is 0 Å². The average Bonchev–Trinajstić information content (AvgIpc) is 2.00. The minimum Gasteiger partial charge on any atom is -0.0776 e. The highest BCUT2D eigenvalue weighted by Gasteiger charge is 1.83. The number of rotatable bonds is 0. The third-order valence-electron chi connectivity index (χ3n) is 1.43. The highest BCUT2D eigenvalue weighted by molar-refractivity contribution is 5.23. The Hall–Kier alpha value is -0.780. The van der Waals surface area contributed by atoms with Crippen molar-refractivity contribution in [2.45, 2.75) is 35.1 Å². The molecule has 11 heavy (non-hydrogen) atoms. The monoisotopic (exact) mass is 152 g/mol. The second kappa shape index (κ2) is 7.33. The summed E-state index contributed by atoms with van der Waals surface area (Å²) in [5.41, 5.74) is 2.74. The Balaban J connectivity index is 0. The SMILES string of the molecule is C.CC.Cc1ccccc1C. The zero-order chi connectivity index (χ0) is 7.98. The Kier molecular flexibility index (Phi) is 8.57. The highest BCUT2D eigenvalue weighted by Crippen LogP contribution is 2.02. The van der Waals surface area contributed by atoms with Gasteiger partial charge < -0.3 is 0 Å². The quantitative estimate of drug-likeness (QED) is 0.527. The van der Waals surface area contributed by atoms with E-state index >= 15 is 0 Å². The normalized spacial score (nSPS) is 7.27. The van der Waals surface area contributed by atoms with E-state index < -0.39 is 0 Å². The summed E-state index contributed by atoms with van der Waals surface area (Å²) in [6, 6.07) is 8.36. The molecule has 0 fully saturated rings. The molecule has 1 aromatic carbocycles. The van der Waals surface area contributed by atoms with Gasteiger partial charge in [0.2, 0.25) is 0 Å². The molecule has 0 radical (unpaired) electrons. The minimum atomic E-state index is 0. The van der Waals surface area contributed by atoms with E-state index in [1.54, 1.807) is 0 Å². The second-order valence-electron chi connectivity index (χ2n) is 2.08. The molecule has 0 aliphatic carbocycles. The van der Waals surface area contributed by atoms with Crippen LogP contribution in [0.25, 0.3) is 0 Å². The second-order valence-corrected chi connectivity index (χ2v) is 2.08. The fourth-order valence-corrected chi connectivity index (χ4v) is 0.663. The molecular formula is C11H20. The summed E-state index contributed by atoms with van der Waals surface area (Å²) in [7, 11) is 0. The lowest BCUT2D eigenvalue weighted by atomic mass is 10.1. The van der Waals surface area contributed by atoms with Crippen molar-refractivity contribution in [1.29, 1.82) is 0 Å². The summed E-state index contributed by atoms with van der Waals surface area (Å²) in [5, 5.41) is 0. The zero-order valence-electron chi connectivity index (χ0n) is 7.31. The fourth-order valence-electron chi connectivity index (χ4n) is 0.663. The van der Waals surface area contributed by atoms with E-state index in [1.807, 2.05) is 13.8 Å². The van der Waals surface area contributed by atoms with Crippen LogP contribution >= 0.6 is 0 Å². The minimum absolute atomic E-state index is 0. The summed E-state index contributed by atoms with van der Waals surface area (Å²) in [4.78, 5) is 0. The van der Waals surface area contributed by atoms with Crippen molar-refractivity contribution in [2.75, 3.05) is 0 Å². The maximum Gasteiger partial charge on any atom is -0.0395 e. The highest BCUT2D eigenvalue weighted by atomic mass is 13.9. The van der Waals surface area contributed by atoms with Crippen LogP contribution in [0.1, 0.15) is 32.4 Å². The molecule has 0 saturated carbocycles. The van der Waals surface area contributed by atoms with E-state index in [1.165, 1.54) is 11.1 Å². The molecular weight excluding hydrogens is 132 g/mol. The third kappa shape index (κ3) is 4.60. The van der Waals surface area contributed by atoms with E-state index in [0.717, 1.165) is 0 Å². The van der Waals surface area contributed by atoms with Crippen molar-refractivity contribution in [1.82, 2.24) is 0 Å². The lowest BCUT2D eigenvalue weighted by Gasteiger charge is -1.93. The van der Waals surface area contributed by atoms with E-state index in [9.17, 15) is 0 Å². The van der Waals surface area contributed by atoms with Gasteiger partial charge in [-0.2, -0.15) is 0 Å². The summed E-state index contributed by atoms with van der Waals surface area (Å²) in [6.07, 6.45) is 0. The van der Waals surface area contributed by atoms with Crippen LogP contribution in [0, 0.1) is 13.8 Å². The Morgan fingerprint density at radius 1 is 0.818 bits per heavy atom. The average molecular weight is 152 g/mol. The standard InChI is InChI=1S/C8H10.C2H6.CH4/c1-7-5-3-4-6-8(7)2;1-2;/h3-6H,1-2H3;1-2H3;1H4. The van der Waals surface area contributed by atoms with Gasteiger partial charge in [0.1, 0.15) is 0 Å². The van der Waals surface area contributed by atoms with Gasteiger partial charge >= 0.3 is 0 Å². The Bertz CT molecular complexity index is 156. The van der Waals surface area contributed by atoms with Crippen molar-refractivity contribution in [3.63, 3.8) is 0 Å². The molecule has 0 atom stereocenters. The number of benzene rings is 1. The fraction of sp³-hybridized carbons (Fsp3) is 0.455. The van der Waals surface area contributed by atoms with Gasteiger partial charge in [-0.05, 0) is 25.0 Å². The van der Waals surface area contributed by atoms with Gasteiger partial charge in [-0.25, -0.2) is 0 Å². The van der Waals surface area contributed by atoms with Gasteiger partial charge in [0.25, 0.3) is 0 Å². The first kappa shape index (κ1) is 12.9. The molecule has 0 heteroatoms. The summed E-state index contributed by atoms with van der Waals surface area (Å²) in [5.74, 6) is 0. The van der Waals surface area contributed by atoms with E-state index in [4.69, 9.17) is 0 Å². The van der Waals surface area contributed by atoms with Crippen LogP contribution in [0.4, 0.5) is 0 Å². The van der Waals surface area contributed by atoms with Crippen LogP contribution in [-0.2, 0) is 0 Å². The van der Waals surface area contributed by atoms with Gasteiger partial charge in [-0.3, -0.25) is 0 Å². The third-order valence-corrected chi connectivity index (χ3v) is 1.43. The molecule has 0 aliphatic heterocycles. The summed E-state index contributed by atoms with van der Waals surface area (Å²) < 4.78 is 0. The van der Waals surface area contributed by atoms with E-state index in [-0.39, 0.29) is 7.43 Å². The zero-order valence-corrected chi connectivity index (χ0v) is 7.31. The topological polar surface area (TPSA) is 0 Å². The molecule has 64 valence electrons. The molecule has 0 spiro atoms. The molecule has 0 N–H and O–H groups in total. The van der Waals surface area contributed by atoms with E-state index in [2.05, 4.69) is 38.1 Å². The van der Waals surface area contributed by atoms with E-state index in [0.29, 0.717) is 0 Å². The van der Waals surface area contributed by atoms with Gasteiger partial charge in [0.15, 0.2) is 0 Å². The lowest BCUT2D eigenvalue weighted by molar-refractivity contribution is 1.34. The largest absolute Gasteiger partial charge is 0.0776 e. The van der Waals surface area contributed by atoms with Crippen LogP contribution in [0.2, 0.25) is 0 Å². The Morgan fingerprint density at radius 2 is 1.09 bits per heavy atom. The first-order valence-corrected chi connectivity index (χ1v) is 3.83. The predicted octanol–water partition coefficient (Wildman–Crippen LogP) is 3.97. The molecule has 0 saturated heterocycles. The van der Waals surface area contributed by atoms with Crippen LogP contribution in [0.5, 0.6) is 0 Å². The molecule has 1 rings (SSSR count). The first-order valence-electron chi connectivity index (χ1n) is 3.83. The maximum atomic E-state index is 2.12. The molecule has 0 nitrogen and oxygen atoms in total. The summed E-state index contributed by atoms with van der Waals surface area (Å²) >= 11 is 0. The van der Waals surface area contributed by atoms with Gasteiger partial charge in [0.05, 0.1) is 0 Å². The van der Waals surface area contributed by atoms with Crippen molar-refractivity contribution < 1.29 is 0 Å². The molecule has 1 aromatic rings. The van der Waals surface area contributed by atoms with Gasteiger partial charge in [-0.1, -0.05) is 45.5 Å². The molecule has 0 aromatic heterocycles. The smallest absolute Gasteiger partial charge is 0.0395 e. The predicted molar refractivity (Wildman–Crippen MR) is 54.0 cm³/mol. The van der Waals surface area contributed by atoms with Crippen LogP contribution < -0.4 is 0 Å². The van der Waals surface area contributed by atoms with Crippen LogP contribution in [0.15, 0.2) is 24.3 Å². The van der Waals surface area contributed by atoms with Gasteiger partial charge in [0, 0.05) is 0 Å². The Morgan fingerprint density at radius 3 is 1.27 bits per heavy atom. The van der Waals surface area contributed by atoms with Crippen molar-refractivity contribution in [2.24, 2.45) is 0 Å². The van der Waals surface area contributed by atoms with Gasteiger partial charge in [-0.15, -0.1) is 0 Å². The van der Waals surface area contributed by atoms with Crippen LogP contribution in [-0.4, -0.2) is 0 Å². The molecule has 0 amide bonds. The molecule has 0 heterocycles. The molecule has 0 bridgehead atoms. The molecule has 0 unspecified atom stereocenters. The number of hydrogen-bond acceptors (Lipinski definition) is 0. The number of hydrogen-bond donors (Lipinski definition) is 0. The maximum absolute atomic E-state index is 2.12.